The molecule has 0 saturated heterocycles. The SMILES string of the molecule is Cc1cc(C(=O)O)cc(S(=O)(=O)Nc2ccc3ccccc3c2)c1C. The lowest BCUT2D eigenvalue weighted by Gasteiger charge is -2.13. The molecule has 0 aliphatic rings. The number of nitrogens with one attached hydrogen (secondary N) is 1. The van der Waals surface area contributed by atoms with Gasteiger partial charge in [-0.1, -0.05) is 30.3 Å². The van der Waals surface area contributed by atoms with Gasteiger partial charge in [0, 0.05) is 5.69 Å². The summed E-state index contributed by atoms with van der Waals surface area (Å²) in [7, 11) is -3.90. The minimum atomic E-state index is -3.90. The number of carbonyl (C=O) groups is 1. The summed E-state index contributed by atoms with van der Waals surface area (Å²) >= 11 is 0. The van der Waals surface area contributed by atoms with Crippen LogP contribution in [0.25, 0.3) is 10.8 Å². The van der Waals surface area contributed by atoms with Gasteiger partial charge in [-0.15, -0.1) is 0 Å². The van der Waals surface area contributed by atoms with Gasteiger partial charge in [0.25, 0.3) is 10.0 Å². The third kappa shape index (κ3) is 3.34. The second-order valence-electron chi connectivity index (χ2n) is 5.89. The maximum atomic E-state index is 12.8. The number of hydrogen-bond donors (Lipinski definition) is 2. The maximum absolute atomic E-state index is 12.8. The van der Waals surface area contributed by atoms with Gasteiger partial charge in [-0.2, -0.15) is 0 Å². The summed E-state index contributed by atoms with van der Waals surface area (Å²) in [5, 5.41) is 11.1. The van der Waals surface area contributed by atoms with Crippen LogP contribution in [-0.2, 0) is 10.0 Å². The van der Waals surface area contributed by atoms with Crippen LogP contribution in [0.3, 0.4) is 0 Å². The molecule has 2 N–H and O–H groups in total. The average molecular weight is 355 g/mol. The molecule has 0 fully saturated rings. The van der Waals surface area contributed by atoms with E-state index < -0.39 is 16.0 Å². The van der Waals surface area contributed by atoms with Crippen LogP contribution in [0.2, 0.25) is 0 Å². The topological polar surface area (TPSA) is 83.5 Å². The van der Waals surface area contributed by atoms with Gasteiger partial charge in [0.2, 0.25) is 0 Å². The smallest absolute Gasteiger partial charge is 0.335 e. The molecule has 0 amide bonds. The predicted octanol–water partition coefficient (Wildman–Crippen LogP) is 3.96. The molecule has 0 radical (unpaired) electrons. The van der Waals surface area contributed by atoms with Crippen LogP contribution >= 0.6 is 0 Å². The summed E-state index contributed by atoms with van der Waals surface area (Å²) in [6.07, 6.45) is 0. The van der Waals surface area contributed by atoms with E-state index in [-0.39, 0.29) is 10.5 Å². The van der Waals surface area contributed by atoms with Crippen molar-refractivity contribution in [3.63, 3.8) is 0 Å². The number of sulfonamides is 1. The normalized spacial score (nSPS) is 11.4. The Morgan fingerprint density at radius 2 is 1.64 bits per heavy atom. The second kappa shape index (κ2) is 6.22. The highest BCUT2D eigenvalue weighted by Crippen LogP contribution is 2.25. The van der Waals surface area contributed by atoms with Gasteiger partial charge in [-0.05, 0) is 60.0 Å². The van der Waals surface area contributed by atoms with Crippen LogP contribution in [0, 0.1) is 13.8 Å². The summed E-state index contributed by atoms with van der Waals surface area (Å²) in [5.41, 5.74) is 1.51. The highest BCUT2D eigenvalue weighted by Gasteiger charge is 2.21. The number of rotatable bonds is 4. The van der Waals surface area contributed by atoms with Crippen LogP contribution in [0.4, 0.5) is 5.69 Å². The molecule has 0 heterocycles. The Morgan fingerprint density at radius 3 is 2.32 bits per heavy atom. The molecule has 0 aliphatic carbocycles. The van der Waals surface area contributed by atoms with Gasteiger partial charge < -0.3 is 5.11 Å². The van der Waals surface area contributed by atoms with Crippen molar-refractivity contribution in [2.75, 3.05) is 4.72 Å². The van der Waals surface area contributed by atoms with Gasteiger partial charge in [-0.3, -0.25) is 4.72 Å². The quantitative estimate of drug-likeness (QED) is 0.742. The molecule has 25 heavy (non-hydrogen) atoms. The van der Waals surface area contributed by atoms with E-state index in [0.717, 1.165) is 10.8 Å². The lowest BCUT2D eigenvalue weighted by Crippen LogP contribution is -2.16. The molecule has 128 valence electrons. The number of carboxylic acids is 1. The van der Waals surface area contributed by atoms with Gasteiger partial charge >= 0.3 is 5.97 Å². The predicted molar refractivity (Wildman–Crippen MR) is 97.6 cm³/mol. The number of carboxylic acid groups (broad SMARTS) is 1. The fraction of sp³-hybridized carbons (Fsp3) is 0.105. The van der Waals surface area contributed by atoms with Gasteiger partial charge in [0.15, 0.2) is 0 Å². The Hall–Kier alpha value is -2.86. The number of hydrogen-bond acceptors (Lipinski definition) is 3. The zero-order valence-corrected chi connectivity index (χ0v) is 14.6. The van der Waals surface area contributed by atoms with Crippen LogP contribution < -0.4 is 4.72 Å². The summed E-state index contributed by atoms with van der Waals surface area (Å²) in [6.45, 7) is 3.35. The number of fused-ring (bicyclic) bond motifs is 1. The van der Waals surface area contributed by atoms with E-state index in [2.05, 4.69) is 4.72 Å². The first-order chi connectivity index (χ1) is 11.8. The Kier molecular flexibility index (Phi) is 4.22. The Balaban J connectivity index is 2.05. The van der Waals surface area contributed by atoms with E-state index in [0.29, 0.717) is 16.8 Å². The molecular formula is C19H17NO4S. The highest BCUT2D eigenvalue weighted by atomic mass is 32.2. The summed E-state index contributed by atoms with van der Waals surface area (Å²) in [4.78, 5) is 11.2. The molecule has 3 aromatic rings. The summed E-state index contributed by atoms with van der Waals surface area (Å²) in [5.74, 6) is -1.16. The molecule has 3 rings (SSSR count). The first kappa shape index (κ1) is 17.0. The third-order valence-electron chi connectivity index (χ3n) is 4.16. The number of anilines is 1. The minimum absolute atomic E-state index is 0.0296. The first-order valence-corrected chi connectivity index (χ1v) is 9.12. The maximum Gasteiger partial charge on any atom is 0.335 e. The van der Waals surface area contributed by atoms with Crippen molar-refractivity contribution < 1.29 is 18.3 Å². The molecule has 0 spiro atoms. The van der Waals surface area contributed by atoms with Crippen molar-refractivity contribution in [3.8, 4) is 0 Å². The zero-order chi connectivity index (χ0) is 18.2. The molecule has 0 bridgehead atoms. The summed E-state index contributed by atoms with van der Waals surface area (Å²) in [6, 6.07) is 15.5. The van der Waals surface area contributed by atoms with Gasteiger partial charge in [-0.25, -0.2) is 13.2 Å². The molecule has 0 atom stereocenters. The van der Waals surface area contributed by atoms with Crippen molar-refractivity contribution >= 4 is 32.5 Å². The van der Waals surface area contributed by atoms with Gasteiger partial charge in [0.05, 0.1) is 10.5 Å². The van der Waals surface area contributed by atoms with Gasteiger partial charge in [0.1, 0.15) is 0 Å². The van der Waals surface area contributed by atoms with E-state index >= 15 is 0 Å². The summed E-state index contributed by atoms with van der Waals surface area (Å²) < 4.78 is 28.1. The second-order valence-corrected chi connectivity index (χ2v) is 7.54. The molecule has 3 aromatic carbocycles. The molecule has 6 heteroatoms. The fourth-order valence-electron chi connectivity index (χ4n) is 2.69. The van der Waals surface area contributed by atoms with Crippen molar-refractivity contribution in [1.82, 2.24) is 0 Å². The minimum Gasteiger partial charge on any atom is -0.478 e. The average Bonchev–Trinajstić information content (AvgIpc) is 2.56. The van der Waals surface area contributed by atoms with E-state index in [4.69, 9.17) is 0 Å². The number of benzene rings is 3. The first-order valence-electron chi connectivity index (χ1n) is 7.64. The molecule has 0 aliphatic heterocycles. The molecular weight excluding hydrogens is 338 g/mol. The zero-order valence-electron chi connectivity index (χ0n) is 13.8. The lowest BCUT2D eigenvalue weighted by molar-refractivity contribution is 0.0696. The number of aromatic carboxylic acids is 1. The van der Waals surface area contributed by atoms with E-state index in [1.165, 1.54) is 12.1 Å². The molecule has 0 unspecified atom stereocenters. The monoisotopic (exact) mass is 355 g/mol. The third-order valence-corrected chi connectivity index (χ3v) is 5.67. The Labute approximate surface area is 146 Å². The van der Waals surface area contributed by atoms with Crippen LogP contribution in [0.1, 0.15) is 21.5 Å². The van der Waals surface area contributed by atoms with Crippen LogP contribution in [0.15, 0.2) is 59.5 Å². The van der Waals surface area contributed by atoms with Crippen molar-refractivity contribution in [2.24, 2.45) is 0 Å². The van der Waals surface area contributed by atoms with Crippen molar-refractivity contribution in [2.45, 2.75) is 18.7 Å². The molecule has 5 nitrogen and oxygen atoms in total. The largest absolute Gasteiger partial charge is 0.478 e. The standard InChI is InChI=1S/C19H17NO4S/c1-12-9-16(19(21)22)11-18(13(12)2)25(23,24)20-17-8-7-14-5-3-4-6-15(14)10-17/h3-11,20H,1-2H3,(H,21,22). The Bertz CT molecular complexity index is 1090. The van der Waals surface area contributed by atoms with Crippen molar-refractivity contribution in [1.29, 1.82) is 0 Å². The van der Waals surface area contributed by atoms with Crippen molar-refractivity contribution in [3.05, 3.63) is 71.3 Å². The van der Waals surface area contributed by atoms with E-state index in [9.17, 15) is 18.3 Å². The molecule has 0 aromatic heterocycles. The van der Waals surface area contributed by atoms with E-state index in [1.807, 2.05) is 30.3 Å². The van der Waals surface area contributed by atoms with Crippen LogP contribution in [-0.4, -0.2) is 19.5 Å². The fourth-order valence-corrected chi connectivity index (χ4v) is 4.09. The molecule has 0 saturated carbocycles. The lowest BCUT2D eigenvalue weighted by atomic mass is 10.1. The van der Waals surface area contributed by atoms with E-state index in [1.54, 1.807) is 26.0 Å². The highest BCUT2D eigenvalue weighted by molar-refractivity contribution is 7.92. The number of aryl methyl sites for hydroxylation is 1. The van der Waals surface area contributed by atoms with Crippen LogP contribution in [0.5, 0.6) is 0 Å². The Morgan fingerprint density at radius 1 is 0.960 bits per heavy atom.